The highest BCUT2D eigenvalue weighted by atomic mass is 16.5. The average Bonchev–Trinajstić information content (AvgIpc) is 2.78. The van der Waals surface area contributed by atoms with Crippen LogP contribution >= 0.6 is 0 Å². The first-order chi connectivity index (χ1) is 14.2. The molecule has 29 heavy (non-hydrogen) atoms. The zero-order chi connectivity index (χ0) is 20.5. The number of pyridine rings is 1. The highest BCUT2D eigenvalue weighted by molar-refractivity contribution is 5.76. The molecule has 156 valence electrons. The molecule has 0 saturated carbocycles. The van der Waals surface area contributed by atoms with E-state index < -0.39 is 0 Å². The van der Waals surface area contributed by atoms with Gasteiger partial charge in [0.15, 0.2) is 11.5 Å². The fourth-order valence-corrected chi connectivity index (χ4v) is 3.47. The highest BCUT2D eigenvalue weighted by Crippen LogP contribution is 2.27. The van der Waals surface area contributed by atoms with Gasteiger partial charge in [-0.05, 0) is 36.2 Å². The lowest BCUT2D eigenvalue weighted by Gasteiger charge is -2.35. The molecule has 1 aromatic carbocycles. The van der Waals surface area contributed by atoms with E-state index in [9.17, 15) is 4.79 Å². The van der Waals surface area contributed by atoms with Gasteiger partial charge in [0.25, 0.3) is 0 Å². The number of benzene rings is 1. The molecule has 1 fully saturated rings. The van der Waals surface area contributed by atoms with Crippen LogP contribution in [0, 0.1) is 0 Å². The summed E-state index contributed by atoms with van der Waals surface area (Å²) in [7, 11) is 3.25. The van der Waals surface area contributed by atoms with E-state index in [-0.39, 0.29) is 5.91 Å². The number of carbonyl (C=O) groups is 1. The summed E-state index contributed by atoms with van der Waals surface area (Å²) in [6.45, 7) is 5.20. The van der Waals surface area contributed by atoms with Crippen LogP contribution in [0.5, 0.6) is 11.5 Å². The quantitative estimate of drug-likeness (QED) is 0.697. The van der Waals surface area contributed by atoms with Crippen LogP contribution in [0.1, 0.15) is 12.0 Å². The minimum Gasteiger partial charge on any atom is -0.493 e. The van der Waals surface area contributed by atoms with Crippen molar-refractivity contribution >= 4 is 11.7 Å². The largest absolute Gasteiger partial charge is 0.493 e. The molecule has 0 unspecified atom stereocenters. The van der Waals surface area contributed by atoms with Gasteiger partial charge >= 0.3 is 0 Å². The Bertz CT molecular complexity index is 777. The second kappa shape index (κ2) is 10.7. The second-order valence-corrected chi connectivity index (χ2v) is 7.06. The maximum atomic E-state index is 12.2. The fourth-order valence-electron chi connectivity index (χ4n) is 3.47. The Balaban J connectivity index is 1.33. The molecule has 0 aliphatic carbocycles. The lowest BCUT2D eigenvalue weighted by Crippen LogP contribution is -2.47. The third-order valence-corrected chi connectivity index (χ3v) is 5.18. The number of ether oxygens (including phenoxy) is 2. The molecule has 1 aliphatic heterocycles. The molecule has 1 aliphatic rings. The van der Waals surface area contributed by atoms with Crippen molar-refractivity contribution in [1.82, 2.24) is 15.2 Å². The summed E-state index contributed by atoms with van der Waals surface area (Å²) in [5, 5.41) is 3.01. The van der Waals surface area contributed by atoms with Gasteiger partial charge in [0.1, 0.15) is 5.82 Å². The molecular weight excluding hydrogens is 368 g/mol. The molecule has 1 N–H and O–H groups in total. The number of anilines is 1. The zero-order valence-electron chi connectivity index (χ0n) is 17.3. The lowest BCUT2D eigenvalue weighted by molar-refractivity contribution is -0.121. The maximum absolute atomic E-state index is 12.2. The predicted molar refractivity (Wildman–Crippen MR) is 114 cm³/mol. The third kappa shape index (κ3) is 6.09. The Kier molecular flexibility index (Phi) is 7.69. The van der Waals surface area contributed by atoms with Gasteiger partial charge in [-0.3, -0.25) is 9.69 Å². The summed E-state index contributed by atoms with van der Waals surface area (Å²) < 4.78 is 10.6. The highest BCUT2D eigenvalue weighted by Gasteiger charge is 2.18. The van der Waals surface area contributed by atoms with Gasteiger partial charge in [-0.2, -0.15) is 0 Å². The lowest BCUT2D eigenvalue weighted by atomic mass is 10.1. The number of nitrogens with zero attached hydrogens (tertiary/aromatic N) is 3. The molecule has 2 aromatic rings. The Morgan fingerprint density at radius 2 is 1.86 bits per heavy atom. The van der Waals surface area contributed by atoms with E-state index in [4.69, 9.17) is 9.47 Å². The van der Waals surface area contributed by atoms with Crippen molar-refractivity contribution < 1.29 is 14.3 Å². The topological polar surface area (TPSA) is 66.9 Å². The first-order valence-electron chi connectivity index (χ1n) is 10.1. The van der Waals surface area contributed by atoms with E-state index in [1.54, 1.807) is 14.2 Å². The van der Waals surface area contributed by atoms with E-state index >= 15 is 0 Å². The molecule has 1 aromatic heterocycles. The number of nitrogens with one attached hydrogen (secondary N) is 1. The van der Waals surface area contributed by atoms with Crippen molar-refractivity contribution in [1.29, 1.82) is 0 Å². The predicted octanol–water partition coefficient (Wildman–Crippen LogP) is 1.97. The van der Waals surface area contributed by atoms with Crippen LogP contribution in [0.3, 0.4) is 0 Å². The standard InChI is InChI=1S/C22H30N4O3/c1-28-19-7-6-18(17-20(19)29-2)8-11-24-22(27)9-12-25-13-15-26(16-14-25)21-5-3-4-10-23-21/h3-7,10,17H,8-9,11-16H2,1-2H3,(H,24,27). The number of hydrogen-bond donors (Lipinski definition) is 1. The summed E-state index contributed by atoms with van der Waals surface area (Å²) in [5.74, 6) is 2.54. The number of piperazine rings is 1. The zero-order valence-corrected chi connectivity index (χ0v) is 17.3. The first-order valence-corrected chi connectivity index (χ1v) is 10.1. The molecule has 3 rings (SSSR count). The van der Waals surface area contributed by atoms with E-state index in [0.717, 1.165) is 50.5 Å². The summed E-state index contributed by atoms with van der Waals surface area (Å²) >= 11 is 0. The molecule has 0 spiro atoms. The van der Waals surface area contributed by atoms with Gasteiger partial charge in [0.2, 0.25) is 5.91 Å². The summed E-state index contributed by atoms with van der Waals surface area (Å²) in [5.41, 5.74) is 1.11. The fraction of sp³-hybridized carbons (Fsp3) is 0.455. The van der Waals surface area contributed by atoms with E-state index in [1.165, 1.54) is 0 Å². The van der Waals surface area contributed by atoms with Gasteiger partial charge in [-0.1, -0.05) is 12.1 Å². The van der Waals surface area contributed by atoms with E-state index in [2.05, 4.69) is 20.1 Å². The molecule has 2 heterocycles. The molecular formula is C22H30N4O3. The minimum absolute atomic E-state index is 0.0950. The summed E-state index contributed by atoms with van der Waals surface area (Å²) in [6.07, 6.45) is 3.11. The Morgan fingerprint density at radius 1 is 1.07 bits per heavy atom. The summed E-state index contributed by atoms with van der Waals surface area (Å²) in [4.78, 5) is 21.2. The number of methoxy groups -OCH3 is 2. The molecule has 7 heteroatoms. The van der Waals surface area contributed by atoms with Crippen LogP contribution in [0.25, 0.3) is 0 Å². The smallest absolute Gasteiger partial charge is 0.221 e. The van der Waals surface area contributed by atoms with E-state index in [1.807, 2.05) is 42.6 Å². The normalized spacial score (nSPS) is 14.5. The molecule has 7 nitrogen and oxygen atoms in total. The average molecular weight is 399 g/mol. The van der Waals surface area contributed by atoms with Crippen LogP contribution in [0.2, 0.25) is 0 Å². The van der Waals surface area contributed by atoms with Gasteiger partial charge in [-0.25, -0.2) is 4.98 Å². The maximum Gasteiger partial charge on any atom is 0.221 e. The van der Waals surface area contributed by atoms with Gasteiger partial charge in [0, 0.05) is 51.9 Å². The minimum atomic E-state index is 0.0950. The monoisotopic (exact) mass is 398 g/mol. The van der Waals surface area contributed by atoms with Gasteiger partial charge < -0.3 is 19.7 Å². The third-order valence-electron chi connectivity index (χ3n) is 5.18. The van der Waals surface area contributed by atoms with Crippen molar-refractivity contribution in [3.05, 3.63) is 48.2 Å². The Labute approximate surface area is 172 Å². The number of carbonyl (C=O) groups excluding carboxylic acids is 1. The van der Waals surface area contributed by atoms with Crippen LogP contribution in [-0.2, 0) is 11.2 Å². The summed E-state index contributed by atoms with van der Waals surface area (Å²) in [6, 6.07) is 11.8. The molecule has 0 atom stereocenters. The van der Waals surface area contributed by atoms with Crippen molar-refractivity contribution in [3.63, 3.8) is 0 Å². The molecule has 1 saturated heterocycles. The molecule has 0 radical (unpaired) electrons. The number of aromatic nitrogens is 1. The molecule has 0 bridgehead atoms. The molecule has 1 amide bonds. The number of rotatable bonds is 9. The van der Waals surface area contributed by atoms with E-state index in [0.29, 0.717) is 24.5 Å². The number of amides is 1. The van der Waals surface area contributed by atoms with Crippen LogP contribution in [0.4, 0.5) is 5.82 Å². The Morgan fingerprint density at radius 3 is 2.55 bits per heavy atom. The first kappa shape index (κ1) is 20.9. The number of hydrogen-bond acceptors (Lipinski definition) is 6. The van der Waals surface area contributed by atoms with Crippen molar-refractivity contribution in [2.75, 3.05) is 58.4 Å². The van der Waals surface area contributed by atoms with Crippen molar-refractivity contribution in [2.24, 2.45) is 0 Å². The second-order valence-electron chi connectivity index (χ2n) is 7.06. The van der Waals surface area contributed by atoms with Crippen molar-refractivity contribution in [2.45, 2.75) is 12.8 Å². The Hall–Kier alpha value is -2.80. The van der Waals surface area contributed by atoms with Crippen LogP contribution in [-0.4, -0.2) is 69.3 Å². The van der Waals surface area contributed by atoms with Crippen LogP contribution < -0.4 is 19.7 Å². The van der Waals surface area contributed by atoms with Crippen LogP contribution in [0.15, 0.2) is 42.6 Å². The van der Waals surface area contributed by atoms with Gasteiger partial charge in [-0.15, -0.1) is 0 Å². The van der Waals surface area contributed by atoms with Gasteiger partial charge in [0.05, 0.1) is 14.2 Å². The van der Waals surface area contributed by atoms with Crippen molar-refractivity contribution in [3.8, 4) is 11.5 Å². The SMILES string of the molecule is COc1ccc(CCNC(=O)CCN2CCN(c3ccccn3)CC2)cc1OC.